The van der Waals surface area contributed by atoms with E-state index >= 15 is 0 Å². The minimum absolute atomic E-state index is 0.0646. The average Bonchev–Trinajstić information content (AvgIpc) is 2.66. The van der Waals surface area contributed by atoms with Gasteiger partial charge in [0.05, 0.1) is 5.92 Å². The van der Waals surface area contributed by atoms with Crippen LogP contribution in [0.4, 0.5) is 10.3 Å². The number of carbonyl (C=O) groups is 2. The lowest BCUT2D eigenvalue weighted by Gasteiger charge is -2.24. The van der Waals surface area contributed by atoms with Crippen LogP contribution in [0.15, 0.2) is 30.5 Å². The number of benzene rings is 1. The lowest BCUT2D eigenvalue weighted by atomic mass is 9.96. The van der Waals surface area contributed by atoms with Gasteiger partial charge in [0.25, 0.3) is 5.91 Å². The van der Waals surface area contributed by atoms with Crippen LogP contribution in [0, 0.1) is 5.92 Å². The summed E-state index contributed by atoms with van der Waals surface area (Å²) < 4.78 is 23.9. The van der Waals surface area contributed by atoms with Gasteiger partial charge in [-0.25, -0.2) is 4.98 Å². The van der Waals surface area contributed by atoms with Gasteiger partial charge < -0.3 is 14.8 Å². The maximum atomic E-state index is 12.4. The first-order chi connectivity index (χ1) is 12.6. The van der Waals surface area contributed by atoms with Gasteiger partial charge in [0.15, 0.2) is 0 Å². The van der Waals surface area contributed by atoms with Crippen LogP contribution in [0.25, 0.3) is 0 Å². The van der Waals surface area contributed by atoms with E-state index in [0.717, 1.165) is 11.1 Å². The third kappa shape index (κ3) is 3.05. The van der Waals surface area contributed by atoms with Crippen molar-refractivity contribution in [3.63, 3.8) is 0 Å². The molecule has 2 aromatic rings. The van der Waals surface area contributed by atoms with Crippen LogP contribution in [-0.2, 0) is 22.4 Å². The Bertz CT molecular complexity index is 887. The van der Waals surface area contributed by atoms with Crippen molar-refractivity contribution in [1.29, 1.82) is 0 Å². The highest BCUT2D eigenvalue weighted by atomic mass is 19.2. The maximum absolute atomic E-state index is 12.4. The van der Waals surface area contributed by atoms with Crippen LogP contribution in [-0.4, -0.2) is 23.4 Å². The number of ether oxygens (including phenoxy) is 2. The van der Waals surface area contributed by atoms with Crippen molar-refractivity contribution < 1.29 is 23.5 Å². The molecule has 2 amide bonds. The Morgan fingerprint density at radius 3 is 3.08 bits per heavy atom. The van der Waals surface area contributed by atoms with Crippen LogP contribution in [0.3, 0.4) is 0 Å². The fraction of sp³-hybridized carbons (Fsp3) is 0.278. The zero-order valence-corrected chi connectivity index (χ0v) is 13.8. The smallest absolute Gasteiger partial charge is 0.254 e. The molecule has 134 valence electrons. The number of aromatic nitrogens is 1. The molecule has 2 aliphatic rings. The van der Waals surface area contributed by atoms with Crippen LogP contribution in [0.2, 0.25) is 0 Å². The number of rotatable bonds is 3. The number of hydrogen-bond donors (Lipinski definition) is 2. The van der Waals surface area contributed by atoms with Crippen molar-refractivity contribution in [2.75, 3.05) is 11.9 Å². The molecule has 0 spiro atoms. The number of fused-ring (bicyclic) bond motifs is 2. The third-order valence-corrected chi connectivity index (χ3v) is 4.50. The molecule has 1 aromatic carbocycles. The fourth-order valence-electron chi connectivity index (χ4n) is 3.16. The van der Waals surface area contributed by atoms with Gasteiger partial charge in [-0.1, -0.05) is 0 Å². The molecule has 0 aliphatic carbocycles. The molecule has 0 fully saturated rings. The number of amides is 2. The average molecular weight is 357 g/mol. The molecule has 1 atom stereocenters. The second-order valence-electron chi connectivity index (χ2n) is 6.23. The Morgan fingerprint density at radius 1 is 1.35 bits per heavy atom. The molecule has 0 bridgehead atoms. The topological polar surface area (TPSA) is 89.6 Å². The van der Waals surface area contributed by atoms with Crippen molar-refractivity contribution >= 4 is 17.6 Å². The molecule has 1 unspecified atom stereocenters. The first kappa shape index (κ1) is 16.3. The summed E-state index contributed by atoms with van der Waals surface area (Å²) in [6, 6.07) is 7.05. The van der Waals surface area contributed by atoms with Gasteiger partial charge in [0.1, 0.15) is 29.7 Å². The Labute approximate surface area is 148 Å². The quantitative estimate of drug-likeness (QED) is 0.823. The van der Waals surface area contributed by atoms with E-state index in [1.54, 1.807) is 30.5 Å². The first-order valence-corrected chi connectivity index (χ1v) is 8.26. The maximum Gasteiger partial charge on any atom is 0.254 e. The predicted octanol–water partition coefficient (Wildman–Crippen LogP) is 2.31. The van der Waals surface area contributed by atoms with E-state index in [2.05, 4.69) is 10.3 Å². The Morgan fingerprint density at radius 2 is 2.23 bits per heavy atom. The monoisotopic (exact) mass is 357 g/mol. The summed E-state index contributed by atoms with van der Waals surface area (Å²) in [5.41, 5.74) is 2.79. The van der Waals surface area contributed by atoms with Gasteiger partial charge in [-0.15, -0.1) is 4.48 Å². The van der Waals surface area contributed by atoms with Gasteiger partial charge in [0.2, 0.25) is 5.91 Å². The molecule has 26 heavy (non-hydrogen) atoms. The molecule has 0 saturated heterocycles. The van der Waals surface area contributed by atoms with Gasteiger partial charge in [-0.3, -0.25) is 9.59 Å². The SMILES string of the molecule is O=C1CCc2c(Oc3ccc4c(c3)CC(C(=O)NF)CO4)ccnc2N1. The molecule has 2 aliphatic heterocycles. The lowest BCUT2D eigenvalue weighted by Crippen LogP contribution is -2.33. The number of anilines is 1. The highest BCUT2D eigenvalue weighted by Crippen LogP contribution is 2.36. The van der Waals surface area contributed by atoms with E-state index in [1.165, 1.54) is 5.54 Å². The van der Waals surface area contributed by atoms with E-state index < -0.39 is 11.8 Å². The second kappa shape index (κ2) is 6.62. The number of nitrogens with zero attached hydrogens (tertiary/aromatic N) is 1. The summed E-state index contributed by atoms with van der Waals surface area (Å²) in [4.78, 5) is 27.2. The van der Waals surface area contributed by atoms with Gasteiger partial charge in [-0.05, 0) is 42.7 Å². The first-order valence-electron chi connectivity index (χ1n) is 8.26. The summed E-state index contributed by atoms with van der Waals surface area (Å²) >= 11 is 0. The van der Waals surface area contributed by atoms with E-state index in [1.807, 2.05) is 0 Å². The van der Waals surface area contributed by atoms with Crippen molar-refractivity contribution in [2.24, 2.45) is 5.92 Å². The van der Waals surface area contributed by atoms with Crippen LogP contribution in [0.1, 0.15) is 17.5 Å². The predicted molar refractivity (Wildman–Crippen MR) is 89.6 cm³/mol. The van der Waals surface area contributed by atoms with E-state index in [0.29, 0.717) is 42.3 Å². The number of hydrogen-bond acceptors (Lipinski definition) is 5. The standard InChI is InChI=1S/C18H16FN3O4/c19-22-18(24)11-7-10-8-12(1-3-14(10)25-9-11)26-15-5-6-20-17-13(15)2-4-16(23)21-17/h1,3,5-6,8,11H,2,4,7,9H2,(H,22,24)(H,20,21,23). The molecule has 3 heterocycles. The Hall–Kier alpha value is -3.16. The molecule has 7 nitrogen and oxygen atoms in total. The van der Waals surface area contributed by atoms with E-state index in [-0.39, 0.29) is 12.5 Å². The number of pyridine rings is 1. The van der Waals surface area contributed by atoms with Gasteiger partial charge in [-0.2, -0.15) is 5.54 Å². The van der Waals surface area contributed by atoms with Crippen molar-refractivity contribution in [3.8, 4) is 17.2 Å². The molecular formula is C18H16FN3O4. The molecule has 0 saturated carbocycles. The summed E-state index contributed by atoms with van der Waals surface area (Å²) in [6.07, 6.45) is 2.87. The van der Waals surface area contributed by atoms with Crippen LogP contribution in [0.5, 0.6) is 17.2 Å². The number of nitrogens with one attached hydrogen (secondary N) is 2. The minimum Gasteiger partial charge on any atom is -0.492 e. The molecule has 1 aromatic heterocycles. The van der Waals surface area contributed by atoms with Gasteiger partial charge >= 0.3 is 0 Å². The second-order valence-corrected chi connectivity index (χ2v) is 6.23. The van der Waals surface area contributed by atoms with Crippen molar-refractivity contribution in [1.82, 2.24) is 10.5 Å². The molecule has 0 radical (unpaired) electrons. The lowest BCUT2D eigenvalue weighted by molar-refractivity contribution is -0.130. The molecule has 8 heteroatoms. The Kier molecular flexibility index (Phi) is 4.16. The fourth-order valence-corrected chi connectivity index (χ4v) is 3.16. The third-order valence-electron chi connectivity index (χ3n) is 4.50. The van der Waals surface area contributed by atoms with Crippen molar-refractivity contribution in [3.05, 3.63) is 41.6 Å². The molecule has 4 rings (SSSR count). The Balaban J connectivity index is 1.58. The normalized spacial score (nSPS) is 18.0. The largest absolute Gasteiger partial charge is 0.492 e. The highest BCUT2D eigenvalue weighted by Gasteiger charge is 2.27. The summed E-state index contributed by atoms with van der Waals surface area (Å²) in [5.74, 6) is 1.02. The van der Waals surface area contributed by atoms with Gasteiger partial charge in [0, 0.05) is 18.2 Å². The minimum atomic E-state index is -0.694. The zero-order valence-electron chi connectivity index (χ0n) is 13.8. The van der Waals surface area contributed by atoms with Crippen LogP contribution < -0.4 is 20.3 Å². The number of halogens is 1. The number of carbonyl (C=O) groups excluding carboxylic acids is 2. The van der Waals surface area contributed by atoms with Crippen LogP contribution >= 0.6 is 0 Å². The molecular weight excluding hydrogens is 341 g/mol. The summed E-state index contributed by atoms with van der Waals surface area (Å²) in [5, 5.41) is 2.73. The van der Waals surface area contributed by atoms with Crippen molar-refractivity contribution in [2.45, 2.75) is 19.3 Å². The molecule has 2 N–H and O–H groups in total. The van der Waals surface area contributed by atoms with E-state index in [9.17, 15) is 14.1 Å². The summed E-state index contributed by atoms with van der Waals surface area (Å²) in [7, 11) is 0. The zero-order chi connectivity index (χ0) is 18.1. The van der Waals surface area contributed by atoms with E-state index in [4.69, 9.17) is 9.47 Å². The summed E-state index contributed by atoms with van der Waals surface area (Å²) in [6.45, 7) is 0.139. The highest BCUT2D eigenvalue weighted by molar-refractivity contribution is 5.93.